The third-order valence-corrected chi connectivity index (χ3v) is 6.59. The Morgan fingerprint density at radius 1 is 1.22 bits per heavy atom. The van der Waals surface area contributed by atoms with Gasteiger partial charge >= 0.3 is 0 Å². The number of carbonyl (C=O) groups is 1. The van der Waals surface area contributed by atoms with Crippen LogP contribution in [-0.4, -0.2) is 49.4 Å². The first-order chi connectivity index (χ1) is 15.6. The van der Waals surface area contributed by atoms with E-state index in [1.807, 2.05) is 17.0 Å². The van der Waals surface area contributed by atoms with Gasteiger partial charge in [0.05, 0.1) is 43.3 Å². The zero-order chi connectivity index (χ0) is 22.1. The van der Waals surface area contributed by atoms with Gasteiger partial charge in [0.1, 0.15) is 5.82 Å². The van der Waals surface area contributed by atoms with Crippen molar-refractivity contribution in [3.05, 3.63) is 42.1 Å². The number of rotatable bonds is 4. The summed E-state index contributed by atoms with van der Waals surface area (Å²) >= 11 is 0. The highest BCUT2D eigenvalue weighted by Gasteiger charge is 2.36. The Bertz CT molecular complexity index is 973. The molecule has 0 radical (unpaired) electrons. The number of hydrogen-bond donors (Lipinski definition) is 1. The summed E-state index contributed by atoms with van der Waals surface area (Å²) in [6, 6.07) is 10.3. The number of fused-ring (bicyclic) bond motifs is 2. The van der Waals surface area contributed by atoms with Crippen LogP contribution in [0.3, 0.4) is 0 Å². The zero-order valence-corrected chi connectivity index (χ0v) is 18.9. The maximum absolute atomic E-state index is 13.8. The molecule has 0 unspecified atom stereocenters. The van der Waals surface area contributed by atoms with E-state index in [9.17, 15) is 4.79 Å². The second-order valence-electron chi connectivity index (χ2n) is 9.18. The largest absolute Gasteiger partial charge is 0.378 e. The Kier molecular flexibility index (Phi) is 6.02. The number of ether oxygens (including phenoxy) is 2. The number of benzene rings is 1. The number of pyridine rings is 1. The average Bonchev–Trinajstić information content (AvgIpc) is 3.19. The van der Waals surface area contributed by atoms with E-state index in [1.165, 1.54) is 0 Å². The van der Waals surface area contributed by atoms with E-state index >= 15 is 0 Å². The summed E-state index contributed by atoms with van der Waals surface area (Å²) in [5.74, 6) is 0.978. The lowest BCUT2D eigenvalue weighted by atomic mass is 10.0. The molecule has 1 aromatic heterocycles. The lowest BCUT2D eigenvalue weighted by molar-refractivity contribution is -0.122. The van der Waals surface area contributed by atoms with E-state index < -0.39 is 0 Å². The standard InChI is InChI=1S/C25H32N4O3/c1-17(2)32-21-7-5-18(14-21)25(30)29-16-19-4-3-9-26-24(19)27-22-8-6-20(15-23(22)29)28-10-12-31-13-11-28/h3-4,6,8-9,15,17-18,21H,5,7,10-14,16H2,1-2H3,(H,26,27)/t18-,21-/m1/s1. The van der Waals surface area contributed by atoms with Crippen molar-refractivity contribution >= 4 is 28.8 Å². The number of hydrogen-bond acceptors (Lipinski definition) is 6. The third-order valence-electron chi connectivity index (χ3n) is 6.59. The summed E-state index contributed by atoms with van der Waals surface area (Å²) in [5.41, 5.74) is 3.99. The van der Waals surface area contributed by atoms with E-state index in [4.69, 9.17) is 9.47 Å². The molecule has 0 spiro atoms. The predicted molar refractivity (Wildman–Crippen MR) is 126 cm³/mol. The highest BCUT2D eigenvalue weighted by atomic mass is 16.5. The summed E-state index contributed by atoms with van der Waals surface area (Å²) in [6.07, 6.45) is 4.75. The molecular weight excluding hydrogens is 404 g/mol. The van der Waals surface area contributed by atoms with Gasteiger partial charge in [-0.05, 0) is 57.4 Å². The van der Waals surface area contributed by atoms with Crippen LogP contribution in [-0.2, 0) is 20.8 Å². The summed E-state index contributed by atoms with van der Waals surface area (Å²) in [4.78, 5) is 22.6. The molecule has 1 N–H and O–H groups in total. The molecule has 0 bridgehead atoms. The smallest absolute Gasteiger partial charge is 0.230 e. The zero-order valence-electron chi connectivity index (χ0n) is 18.9. The third kappa shape index (κ3) is 4.32. The molecule has 2 atom stereocenters. The van der Waals surface area contributed by atoms with Crippen molar-refractivity contribution in [2.45, 2.75) is 51.9 Å². The van der Waals surface area contributed by atoms with E-state index in [0.29, 0.717) is 6.54 Å². The van der Waals surface area contributed by atoms with E-state index in [2.05, 4.69) is 47.2 Å². The van der Waals surface area contributed by atoms with Crippen molar-refractivity contribution in [2.75, 3.05) is 41.4 Å². The number of amides is 1. The molecule has 2 aliphatic heterocycles. The van der Waals surface area contributed by atoms with Gasteiger partial charge in [0.15, 0.2) is 0 Å². The fraction of sp³-hybridized carbons (Fsp3) is 0.520. The molecule has 3 aliphatic rings. The summed E-state index contributed by atoms with van der Waals surface area (Å²) in [7, 11) is 0. The fourth-order valence-corrected chi connectivity index (χ4v) is 5.02. The number of anilines is 4. The second kappa shape index (κ2) is 9.08. The highest BCUT2D eigenvalue weighted by molar-refractivity contribution is 6.00. The van der Waals surface area contributed by atoms with Crippen molar-refractivity contribution in [3.63, 3.8) is 0 Å². The van der Waals surface area contributed by atoms with Crippen LogP contribution in [0.15, 0.2) is 36.5 Å². The first-order valence-corrected chi connectivity index (χ1v) is 11.7. The van der Waals surface area contributed by atoms with Gasteiger partial charge in [0, 0.05) is 36.5 Å². The predicted octanol–water partition coefficient (Wildman–Crippen LogP) is 4.10. The highest BCUT2D eigenvalue weighted by Crippen LogP contribution is 2.40. The van der Waals surface area contributed by atoms with Crippen molar-refractivity contribution < 1.29 is 14.3 Å². The number of nitrogens with zero attached hydrogens (tertiary/aromatic N) is 3. The first kappa shape index (κ1) is 21.2. The minimum atomic E-state index is -0.0168. The van der Waals surface area contributed by atoms with Crippen LogP contribution in [0, 0.1) is 5.92 Å². The summed E-state index contributed by atoms with van der Waals surface area (Å²) in [6.45, 7) is 7.81. The molecule has 1 saturated heterocycles. The molecule has 5 rings (SSSR count). The Hall–Kier alpha value is -2.64. The summed E-state index contributed by atoms with van der Waals surface area (Å²) in [5, 5.41) is 3.47. The molecule has 7 heteroatoms. The normalized spacial score (nSPS) is 22.8. The molecule has 170 valence electrons. The molecule has 1 aliphatic carbocycles. The number of nitrogens with one attached hydrogen (secondary N) is 1. The number of morpholine rings is 1. The van der Waals surface area contributed by atoms with E-state index in [1.54, 1.807) is 6.20 Å². The molecule has 2 aromatic rings. The first-order valence-electron chi connectivity index (χ1n) is 11.7. The van der Waals surface area contributed by atoms with E-state index in [0.717, 1.165) is 74.0 Å². The fourth-order valence-electron chi connectivity index (χ4n) is 5.02. The molecule has 7 nitrogen and oxygen atoms in total. The Morgan fingerprint density at radius 2 is 2.06 bits per heavy atom. The van der Waals surface area contributed by atoms with Crippen LogP contribution < -0.4 is 15.1 Å². The molecule has 2 fully saturated rings. The maximum atomic E-state index is 13.8. The second-order valence-corrected chi connectivity index (χ2v) is 9.18. The molecule has 3 heterocycles. The monoisotopic (exact) mass is 436 g/mol. The number of carbonyl (C=O) groups excluding carboxylic acids is 1. The van der Waals surface area contributed by atoms with Gasteiger partial charge in [-0.1, -0.05) is 6.07 Å². The molecule has 1 amide bonds. The quantitative estimate of drug-likeness (QED) is 0.778. The molecule has 1 aromatic carbocycles. The SMILES string of the molecule is CC(C)O[C@@H]1CC[C@@H](C(=O)N2Cc3cccnc3Nc3ccc(N4CCOCC4)cc32)C1. The van der Waals surface area contributed by atoms with Crippen LogP contribution >= 0.6 is 0 Å². The lowest BCUT2D eigenvalue weighted by Crippen LogP contribution is -2.37. The van der Waals surface area contributed by atoms with Crippen LogP contribution in [0.5, 0.6) is 0 Å². The number of aromatic nitrogens is 1. The molecular formula is C25H32N4O3. The van der Waals surface area contributed by atoms with Crippen LogP contribution in [0.25, 0.3) is 0 Å². The Morgan fingerprint density at radius 3 is 2.88 bits per heavy atom. The van der Waals surface area contributed by atoms with Crippen LogP contribution in [0.2, 0.25) is 0 Å². The Balaban J connectivity index is 1.47. The minimum Gasteiger partial charge on any atom is -0.378 e. The minimum absolute atomic E-state index is 0.0168. The molecule has 1 saturated carbocycles. The van der Waals surface area contributed by atoms with Gasteiger partial charge in [-0.3, -0.25) is 4.79 Å². The van der Waals surface area contributed by atoms with Gasteiger partial charge in [-0.2, -0.15) is 0 Å². The van der Waals surface area contributed by atoms with Gasteiger partial charge < -0.3 is 24.6 Å². The Labute approximate surface area is 189 Å². The molecule has 32 heavy (non-hydrogen) atoms. The van der Waals surface area contributed by atoms with Gasteiger partial charge in [-0.15, -0.1) is 0 Å². The van der Waals surface area contributed by atoms with Crippen molar-refractivity contribution in [2.24, 2.45) is 5.92 Å². The van der Waals surface area contributed by atoms with Crippen LogP contribution in [0.4, 0.5) is 22.9 Å². The van der Waals surface area contributed by atoms with Crippen molar-refractivity contribution in [3.8, 4) is 0 Å². The average molecular weight is 437 g/mol. The van der Waals surface area contributed by atoms with Crippen LogP contribution in [0.1, 0.15) is 38.7 Å². The van der Waals surface area contributed by atoms with Gasteiger partial charge in [0.25, 0.3) is 0 Å². The lowest BCUT2D eigenvalue weighted by Gasteiger charge is -2.31. The maximum Gasteiger partial charge on any atom is 0.230 e. The van der Waals surface area contributed by atoms with Crippen molar-refractivity contribution in [1.82, 2.24) is 4.98 Å². The van der Waals surface area contributed by atoms with Crippen molar-refractivity contribution in [1.29, 1.82) is 0 Å². The van der Waals surface area contributed by atoms with Gasteiger partial charge in [0.2, 0.25) is 5.91 Å². The van der Waals surface area contributed by atoms with Gasteiger partial charge in [-0.25, -0.2) is 4.98 Å². The van der Waals surface area contributed by atoms with E-state index in [-0.39, 0.29) is 24.0 Å². The summed E-state index contributed by atoms with van der Waals surface area (Å²) < 4.78 is 11.5. The topological polar surface area (TPSA) is 66.9 Å².